The molecule has 0 fully saturated rings. The van der Waals surface area contributed by atoms with Crippen LogP contribution in [0, 0.1) is 0 Å². The molecule has 0 aliphatic rings. The van der Waals surface area contributed by atoms with Crippen LogP contribution < -0.4 is 11.3 Å². The third-order valence-corrected chi connectivity index (χ3v) is 4.56. The van der Waals surface area contributed by atoms with E-state index in [1.54, 1.807) is 13.2 Å². The summed E-state index contributed by atoms with van der Waals surface area (Å²) < 4.78 is 6.54. The van der Waals surface area contributed by atoms with E-state index in [0.29, 0.717) is 22.6 Å². The van der Waals surface area contributed by atoms with Gasteiger partial charge in [0.2, 0.25) is 0 Å². The zero-order valence-corrected chi connectivity index (χ0v) is 12.6. The number of hydrazine groups is 1. The van der Waals surface area contributed by atoms with Crippen LogP contribution in [0.4, 0.5) is 5.82 Å². The first-order valence-corrected chi connectivity index (χ1v) is 6.91. The average Bonchev–Trinajstić information content (AvgIpc) is 2.70. The maximum atomic E-state index is 6.00. The molecule has 0 spiro atoms. The molecule has 18 heavy (non-hydrogen) atoms. The van der Waals surface area contributed by atoms with Gasteiger partial charge in [0.15, 0.2) is 5.82 Å². The van der Waals surface area contributed by atoms with E-state index in [-0.39, 0.29) is 0 Å². The number of aromatic nitrogens is 2. The highest BCUT2D eigenvalue weighted by Crippen LogP contribution is 2.36. The highest BCUT2D eigenvalue weighted by atomic mass is 79.9. The van der Waals surface area contributed by atoms with Gasteiger partial charge in [-0.1, -0.05) is 11.6 Å². The number of nitrogens with one attached hydrogen (secondary N) is 1. The molecular formula is C10H10BrClN4OS. The smallest absolute Gasteiger partial charge is 0.172 e. The van der Waals surface area contributed by atoms with Crippen molar-refractivity contribution in [2.24, 2.45) is 5.84 Å². The molecule has 96 valence electrons. The van der Waals surface area contributed by atoms with Crippen LogP contribution in [0.15, 0.2) is 16.6 Å². The van der Waals surface area contributed by atoms with Crippen molar-refractivity contribution in [1.82, 2.24) is 9.97 Å². The molecule has 3 N–H and O–H groups in total. The molecule has 8 heteroatoms. The van der Waals surface area contributed by atoms with E-state index in [1.165, 1.54) is 11.3 Å². The lowest BCUT2D eigenvalue weighted by Gasteiger charge is -2.05. The number of nitrogens with zero attached hydrogens (tertiary/aromatic N) is 2. The van der Waals surface area contributed by atoms with E-state index < -0.39 is 0 Å². The number of rotatable bonds is 4. The monoisotopic (exact) mass is 348 g/mol. The molecule has 0 bridgehead atoms. The number of nitrogens with two attached hydrogens (primary N) is 1. The average molecular weight is 350 g/mol. The molecule has 0 amide bonds. The predicted octanol–water partition coefficient (Wildman–Crippen LogP) is 3.05. The molecule has 2 rings (SSSR count). The van der Waals surface area contributed by atoms with E-state index in [0.717, 1.165) is 15.0 Å². The summed E-state index contributed by atoms with van der Waals surface area (Å²) in [5, 5.41) is 0. The quantitative estimate of drug-likeness (QED) is 0.655. The highest BCUT2D eigenvalue weighted by molar-refractivity contribution is 9.10. The molecule has 0 atom stereocenters. The molecular weight excluding hydrogens is 340 g/mol. The summed E-state index contributed by atoms with van der Waals surface area (Å²) in [6, 6.07) is 3.61. The number of thiophene rings is 1. The van der Waals surface area contributed by atoms with Crippen molar-refractivity contribution in [3.63, 3.8) is 0 Å². The minimum absolute atomic E-state index is 0.393. The summed E-state index contributed by atoms with van der Waals surface area (Å²) in [7, 11) is 1.61. The number of nitrogen functional groups attached to an aromatic ring is 1. The molecule has 5 nitrogen and oxygen atoms in total. The van der Waals surface area contributed by atoms with E-state index in [9.17, 15) is 0 Å². The van der Waals surface area contributed by atoms with E-state index in [2.05, 4.69) is 31.3 Å². The highest BCUT2D eigenvalue weighted by Gasteiger charge is 2.11. The van der Waals surface area contributed by atoms with Crippen molar-refractivity contribution in [3.8, 4) is 10.7 Å². The normalized spacial score (nSPS) is 10.7. The Morgan fingerprint density at radius 3 is 2.83 bits per heavy atom. The zero-order valence-electron chi connectivity index (χ0n) is 9.41. The van der Waals surface area contributed by atoms with Crippen LogP contribution in [0.5, 0.6) is 0 Å². The second-order valence-electron chi connectivity index (χ2n) is 3.38. The first-order chi connectivity index (χ1) is 8.63. The van der Waals surface area contributed by atoms with Crippen LogP contribution in [0.1, 0.15) is 5.69 Å². The topological polar surface area (TPSA) is 73.1 Å². The Labute approximate surface area is 121 Å². The van der Waals surface area contributed by atoms with Crippen LogP contribution in [-0.2, 0) is 11.3 Å². The van der Waals surface area contributed by atoms with Crippen molar-refractivity contribution in [2.75, 3.05) is 12.5 Å². The fourth-order valence-electron chi connectivity index (χ4n) is 1.36. The van der Waals surface area contributed by atoms with Gasteiger partial charge in [0.1, 0.15) is 10.2 Å². The van der Waals surface area contributed by atoms with E-state index in [4.69, 9.17) is 22.2 Å². The number of halogens is 2. The molecule has 2 aromatic heterocycles. The Morgan fingerprint density at radius 2 is 2.28 bits per heavy atom. The molecule has 2 aromatic rings. The van der Waals surface area contributed by atoms with Gasteiger partial charge in [-0.15, -0.1) is 11.3 Å². The van der Waals surface area contributed by atoms with Gasteiger partial charge in [-0.3, -0.25) is 0 Å². The van der Waals surface area contributed by atoms with Crippen molar-refractivity contribution in [2.45, 2.75) is 6.61 Å². The maximum absolute atomic E-state index is 6.00. The summed E-state index contributed by atoms with van der Waals surface area (Å²) in [4.78, 5) is 9.54. The number of ether oxygens (including phenoxy) is 1. The van der Waals surface area contributed by atoms with Crippen molar-refractivity contribution in [1.29, 1.82) is 0 Å². The second kappa shape index (κ2) is 5.94. The SMILES string of the molecule is COCc1cc(NN)nc(-c2cc(Br)c(Cl)s2)n1. The van der Waals surface area contributed by atoms with Gasteiger partial charge < -0.3 is 10.2 Å². The first kappa shape index (κ1) is 13.7. The second-order valence-corrected chi connectivity index (χ2v) is 5.89. The van der Waals surface area contributed by atoms with Crippen molar-refractivity contribution in [3.05, 3.63) is 26.6 Å². The van der Waals surface area contributed by atoms with Crippen molar-refractivity contribution >= 4 is 44.7 Å². The Bertz CT molecular complexity index is 543. The molecule has 0 unspecified atom stereocenters. The zero-order chi connectivity index (χ0) is 13.1. The molecule has 0 aliphatic heterocycles. The minimum atomic E-state index is 0.393. The van der Waals surface area contributed by atoms with Gasteiger partial charge in [-0.2, -0.15) is 0 Å². The van der Waals surface area contributed by atoms with Gasteiger partial charge in [0, 0.05) is 17.6 Å². The number of methoxy groups -OCH3 is 1. The summed E-state index contributed by atoms with van der Waals surface area (Å²) in [5.41, 5.74) is 3.26. The Morgan fingerprint density at radius 1 is 1.50 bits per heavy atom. The van der Waals surface area contributed by atoms with E-state index in [1.807, 2.05) is 6.07 Å². The van der Waals surface area contributed by atoms with Crippen LogP contribution in [0.25, 0.3) is 10.7 Å². The van der Waals surface area contributed by atoms with Gasteiger partial charge >= 0.3 is 0 Å². The van der Waals surface area contributed by atoms with Crippen LogP contribution in [0.2, 0.25) is 4.34 Å². The summed E-state index contributed by atoms with van der Waals surface area (Å²) in [6.07, 6.45) is 0. The van der Waals surface area contributed by atoms with Crippen LogP contribution in [-0.4, -0.2) is 17.1 Å². The van der Waals surface area contributed by atoms with E-state index >= 15 is 0 Å². The fourth-order valence-corrected chi connectivity index (χ4v) is 3.00. The third-order valence-electron chi connectivity index (χ3n) is 2.08. The number of hydrogen-bond donors (Lipinski definition) is 2. The molecule has 2 heterocycles. The van der Waals surface area contributed by atoms with Crippen LogP contribution in [0.3, 0.4) is 0 Å². The lowest BCUT2D eigenvalue weighted by Crippen LogP contribution is -2.10. The van der Waals surface area contributed by atoms with Crippen molar-refractivity contribution < 1.29 is 4.74 Å². The number of anilines is 1. The number of hydrogen-bond acceptors (Lipinski definition) is 6. The Kier molecular flexibility index (Phi) is 4.52. The largest absolute Gasteiger partial charge is 0.378 e. The van der Waals surface area contributed by atoms with Gasteiger partial charge in [0.25, 0.3) is 0 Å². The maximum Gasteiger partial charge on any atom is 0.172 e. The fraction of sp³-hybridized carbons (Fsp3) is 0.200. The third kappa shape index (κ3) is 2.99. The molecule has 0 radical (unpaired) electrons. The van der Waals surface area contributed by atoms with Gasteiger partial charge in [-0.05, 0) is 22.0 Å². The lowest BCUT2D eigenvalue weighted by molar-refractivity contribution is 0.181. The molecule has 0 aromatic carbocycles. The van der Waals surface area contributed by atoms with Gasteiger partial charge in [0.05, 0.1) is 17.2 Å². The first-order valence-electron chi connectivity index (χ1n) is 4.92. The standard InChI is InChI=1S/C10H10BrClN4OS/c1-17-4-5-2-8(16-13)15-10(14-5)7-3-6(11)9(12)18-7/h2-3H,4,13H2,1H3,(H,14,15,16). The summed E-state index contributed by atoms with van der Waals surface area (Å²) >= 11 is 10.8. The molecule has 0 saturated carbocycles. The molecule has 0 aliphatic carbocycles. The minimum Gasteiger partial charge on any atom is -0.378 e. The summed E-state index contributed by atoms with van der Waals surface area (Å²) in [6.45, 7) is 0.393. The molecule has 0 saturated heterocycles. The summed E-state index contributed by atoms with van der Waals surface area (Å²) in [5.74, 6) is 6.48. The van der Waals surface area contributed by atoms with Gasteiger partial charge in [-0.25, -0.2) is 15.8 Å². The van der Waals surface area contributed by atoms with Crippen LogP contribution >= 0.6 is 38.9 Å². The predicted molar refractivity (Wildman–Crippen MR) is 76.6 cm³/mol. The Hall–Kier alpha value is -0.730. The lowest BCUT2D eigenvalue weighted by atomic mass is 10.3. The Balaban J connectivity index is 2.45.